The summed E-state index contributed by atoms with van der Waals surface area (Å²) in [6.07, 6.45) is 2.31. The largest absolute Gasteiger partial charge is 0.394 e. The Balaban J connectivity index is 2.74. The molecule has 0 bridgehead atoms. The van der Waals surface area contributed by atoms with Crippen molar-refractivity contribution in [3.8, 4) is 0 Å². The fourth-order valence-corrected chi connectivity index (χ4v) is 1.87. The topological polar surface area (TPSA) is 57.6 Å². The highest BCUT2D eigenvalue weighted by Crippen LogP contribution is 2.25. The Bertz CT molecular complexity index is 286. The van der Waals surface area contributed by atoms with Gasteiger partial charge in [0.1, 0.15) is 0 Å². The van der Waals surface area contributed by atoms with Crippen LogP contribution in [-0.4, -0.2) is 40.9 Å². The van der Waals surface area contributed by atoms with Crippen molar-refractivity contribution in [2.75, 3.05) is 13.2 Å². The lowest BCUT2D eigenvalue weighted by Gasteiger charge is -2.27. The minimum atomic E-state index is -0.598. The van der Waals surface area contributed by atoms with Crippen LogP contribution in [0.4, 0.5) is 0 Å². The Kier molecular flexibility index (Phi) is 4.08. The van der Waals surface area contributed by atoms with Crippen LogP contribution in [-0.2, 0) is 9.59 Å². The highest BCUT2D eigenvalue weighted by atomic mass is 16.3. The number of nitrogens with zero attached hydrogens (tertiary/aromatic N) is 1. The van der Waals surface area contributed by atoms with Crippen LogP contribution in [0, 0.1) is 5.41 Å². The van der Waals surface area contributed by atoms with E-state index in [-0.39, 0.29) is 18.4 Å². The number of carbonyl (C=O) groups is 2. The Morgan fingerprint density at radius 2 is 2.06 bits per heavy atom. The second-order valence-corrected chi connectivity index (χ2v) is 5.04. The van der Waals surface area contributed by atoms with E-state index in [1.54, 1.807) is 13.8 Å². The van der Waals surface area contributed by atoms with Crippen LogP contribution in [0.3, 0.4) is 0 Å². The lowest BCUT2D eigenvalue weighted by atomic mass is 9.84. The zero-order valence-electron chi connectivity index (χ0n) is 10.3. The number of Topliss-reactive ketones (excluding diaryl/α,β-unsaturated/α-hetero) is 1. The smallest absolute Gasteiger partial charge is 0.290 e. The Morgan fingerprint density at radius 3 is 2.56 bits per heavy atom. The monoisotopic (exact) mass is 227 g/mol. The van der Waals surface area contributed by atoms with Gasteiger partial charge in [0.2, 0.25) is 5.78 Å². The van der Waals surface area contributed by atoms with Crippen LogP contribution < -0.4 is 0 Å². The van der Waals surface area contributed by atoms with E-state index in [1.807, 2.05) is 6.92 Å². The third kappa shape index (κ3) is 2.43. The number of aliphatic hydroxyl groups excluding tert-OH is 1. The van der Waals surface area contributed by atoms with Gasteiger partial charge in [-0.2, -0.15) is 0 Å². The highest BCUT2D eigenvalue weighted by molar-refractivity contribution is 6.38. The molecule has 16 heavy (non-hydrogen) atoms. The summed E-state index contributed by atoms with van der Waals surface area (Å²) in [7, 11) is 0. The molecule has 1 N–H and O–H groups in total. The molecule has 1 unspecified atom stereocenters. The zero-order chi connectivity index (χ0) is 12.3. The maximum Gasteiger partial charge on any atom is 0.290 e. The summed E-state index contributed by atoms with van der Waals surface area (Å²) >= 11 is 0. The second-order valence-electron chi connectivity index (χ2n) is 5.04. The fraction of sp³-hybridized carbons (Fsp3) is 0.833. The summed E-state index contributed by atoms with van der Waals surface area (Å²) in [6, 6.07) is -0.163. The maximum atomic E-state index is 12.0. The molecule has 0 aromatic heterocycles. The van der Waals surface area contributed by atoms with Crippen LogP contribution in [0.25, 0.3) is 0 Å². The number of amides is 1. The van der Waals surface area contributed by atoms with Gasteiger partial charge in [-0.05, 0) is 19.3 Å². The van der Waals surface area contributed by atoms with Crippen molar-refractivity contribution in [3.63, 3.8) is 0 Å². The quantitative estimate of drug-likeness (QED) is 0.728. The van der Waals surface area contributed by atoms with E-state index in [4.69, 9.17) is 5.11 Å². The molecule has 0 aromatic rings. The molecule has 0 radical (unpaired) electrons. The first kappa shape index (κ1) is 13.2. The van der Waals surface area contributed by atoms with Crippen LogP contribution in [0.15, 0.2) is 0 Å². The zero-order valence-corrected chi connectivity index (χ0v) is 10.3. The normalized spacial score (nSPS) is 21.2. The van der Waals surface area contributed by atoms with Gasteiger partial charge in [-0.3, -0.25) is 9.59 Å². The SMILES string of the molecule is CCC(C)(C)C(=O)C(=O)N1CCCC1CO. The standard InChI is InChI=1S/C12H21NO3/c1-4-12(2,3)10(15)11(16)13-7-5-6-9(13)8-14/h9,14H,4-8H2,1-3H3. The summed E-state index contributed by atoms with van der Waals surface area (Å²) in [4.78, 5) is 25.5. The predicted molar refractivity (Wildman–Crippen MR) is 60.9 cm³/mol. The summed E-state index contributed by atoms with van der Waals surface area (Å²) in [5, 5.41) is 9.12. The number of carbonyl (C=O) groups excluding carboxylic acids is 2. The summed E-state index contributed by atoms with van der Waals surface area (Å²) in [5.74, 6) is -0.765. The molecule has 0 aliphatic carbocycles. The first-order chi connectivity index (χ1) is 7.44. The molecular formula is C12H21NO3. The van der Waals surface area contributed by atoms with Gasteiger partial charge in [0.25, 0.3) is 5.91 Å². The number of hydrogen-bond acceptors (Lipinski definition) is 3. The third-order valence-corrected chi connectivity index (χ3v) is 3.54. The minimum absolute atomic E-state index is 0.0500. The second kappa shape index (κ2) is 4.95. The van der Waals surface area contributed by atoms with Crippen molar-refractivity contribution in [1.82, 2.24) is 4.90 Å². The van der Waals surface area contributed by atoms with Crippen molar-refractivity contribution >= 4 is 11.7 Å². The van der Waals surface area contributed by atoms with E-state index in [2.05, 4.69) is 0 Å². The Morgan fingerprint density at radius 1 is 1.44 bits per heavy atom. The predicted octanol–water partition coefficient (Wildman–Crippen LogP) is 0.975. The molecule has 1 saturated heterocycles. The molecule has 0 spiro atoms. The van der Waals surface area contributed by atoms with Gasteiger partial charge >= 0.3 is 0 Å². The highest BCUT2D eigenvalue weighted by Gasteiger charge is 2.38. The van der Waals surface area contributed by atoms with E-state index in [1.165, 1.54) is 4.90 Å². The van der Waals surface area contributed by atoms with Gasteiger partial charge in [0.05, 0.1) is 12.6 Å². The molecule has 1 rings (SSSR count). The molecular weight excluding hydrogens is 206 g/mol. The van der Waals surface area contributed by atoms with Crippen LogP contribution >= 0.6 is 0 Å². The number of ketones is 1. The lowest BCUT2D eigenvalue weighted by Crippen LogP contribution is -2.45. The number of hydrogen-bond donors (Lipinski definition) is 1. The van der Waals surface area contributed by atoms with Crippen molar-refractivity contribution in [2.45, 2.75) is 46.1 Å². The summed E-state index contributed by atoms with van der Waals surface area (Å²) < 4.78 is 0. The van der Waals surface area contributed by atoms with E-state index in [9.17, 15) is 9.59 Å². The summed E-state index contributed by atoms with van der Waals surface area (Å²) in [6.45, 7) is 6.02. The molecule has 0 aromatic carbocycles. The van der Waals surface area contributed by atoms with Crippen LogP contribution in [0.5, 0.6) is 0 Å². The lowest BCUT2D eigenvalue weighted by molar-refractivity contribution is -0.150. The Hall–Kier alpha value is -0.900. The van der Waals surface area contributed by atoms with Crippen molar-refractivity contribution in [2.24, 2.45) is 5.41 Å². The molecule has 4 nitrogen and oxygen atoms in total. The third-order valence-electron chi connectivity index (χ3n) is 3.54. The molecule has 1 amide bonds. The molecule has 0 saturated carbocycles. The fourth-order valence-electron chi connectivity index (χ4n) is 1.87. The van der Waals surface area contributed by atoms with Crippen molar-refractivity contribution < 1.29 is 14.7 Å². The van der Waals surface area contributed by atoms with E-state index in [0.717, 1.165) is 12.8 Å². The Labute approximate surface area is 96.6 Å². The van der Waals surface area contributed by atoms with Crippen molar-refractivity contribution in [3.05, 3.63) is 0 Å². The van der Waals surface area contributed by atoms with Crippen LogP contribution in [0.2, 0.25) is 0 Å². The average Bonchev–Trinajstić information content (AvgIpc) is 2.74. The first-order valence-electron chi connectivity index (χ1n) is 5.90. The number of likely N-dealkylation sites (tertiary alicyclic amines) is 1. The van der Waals surface area contributed by atoms with Gasteiger partial charge in [-0.1, -0.05) is 20.8 Å². The minimum Gasteiger partial charge on any atom is -0.394 e. The number of aliphatic hydroxyl groups is 1. The van der Waals surface area contributed by atoms with E-state index < -0.39 is 11.3 Å². The molecule has 1 atom stereocenters. The van der Waals surface area contributed by atoms with Gasteiger partial charge in [0.15, 0.2) is 0 Å². The van der Waals surface area contributed by atoms with Gasteiger partial charge < -0.3 is 10.0 Å². The van der Waals surface area contributed by atoms with Gasteiger partial charge in [-0.15, -0.1) is 0 Å². The van der Waals surface area contributed by atoms with Crippen LogP contribution in [0.1, 0.15) is 40.0 Å². The van der Waals surface area contributed by atoms with E-state index in [0.29, 0.717) is 13.0 Å². The van der Waals surface area contributed by atoms with E-state index >= 15 is 0 Å². The molecule has 92 valence electrons. The first-order valence-corrected chi connectivity index (χ1v) is 5.90. The maximum absolute atomic E-state index is 12.0. The molecule has 1 aliphatic rings. The molecule has 1 aliphatic heterocycles. The average molecular weight is 227 g/mol. The van der Waals surface area contributed by atoms with Crippen molar-refractivity contribution in [1.29, 1.82) is 0 Å². The molecule has 1 fully saturated rings. The molecule has 1 heterocycles. The number of rotatable bonds is 4. The van der Waals surface area contributed by atoms with Gasteiger partial charge in [-0.25, -0.2) is 0 Å². The molecule has 4 heteroatoms. The summed E-state index contributed by atoms with van der Waals surface area (Å²) in [5.41, 5.74) is -0.598. The van der Waals surface area contributed by atoms with Gasteiger partial charge in [0, 0.05) is 12.0 Å².